The Kier molecular flexibility index (Phi) is 5.04. The highest BCUT2D eigenvalue weighted by Crippen LogP contribution is 2.28. The number of carbonyl (C=O) groups excluding carboxylic acids is 1. The number of hydrogen-bond acceptors (Lipinski definition) is 2. The van der Waals surface area contributed by atoms with Crippen molar-refractivity contribution in [2.45, 2.75) is 76.8 Å². The van der Waals surface area contributed by atoms with Gasteiger partial charge in [-0.15, -0.1) is 0 Å². The summed E-state index contributed by atoms with van der Waals surface area (Å²) in [6, 6.07) is 0.402. The standard InChI is InChI=1S/C15H28N2O/c1-11(12-7-5-6-8-12)17-15(18)13-9-3-2-4-10-14(13)16/h11-14H,2-10,16H2,1H3,(H,17,18)/t11-,13?,14?/m0/s1. The minimum absolute atomic E-state index is 0.0522. The molecule has 0 aromatic heterocycles. The predicted octanol–water partition coefficient (Wildman–Crippen LogP) is 2.59. The number of hydrogen-bond donors (Lipinski definition) is 2. The van der Waals surface area contributed by atoms with E-state index in [1.165, 1.54) is 38.5 Å². The quantitative estimate of drug-likeness (QED) is 0.759. The topological polar surface area (TPSA) is 55.1 Å². The van der Waals surface area contributed by atoms with Crippen molar-refractivity contribution < 1.29 is 4.79 Å². The SMILES string of the molecule is C[C@H](NC(=O)C1CCCCCC1N)C1CCCC1. The van der Waals surface area contributed by atoms with Crippen LogP contribution in [-0.2, 0) is 4.79 Å². The maximum Gasteiger partial charge on any atom is 0.224 e. The number of rotatable bonds is 3. The van der Waals surface area contributed by atoms with Crippen molar-refractivity contribution in [2.75, 3.05) is 0 Å². The van der Waals surface area contributed by atoms with Crippen molar-refractivity contribution in [3.8, 4) is 0 Å². The summed E-state index contributed by atoms with van der Waals surface area (Å²) < 4.78 is 0. The summed E-state index contributed by atoms with van der Waals surface area (Å²) in [7, 11) is 0. The van der Waals surface area contributed by atoms with Gasteiger partial charge in [-0.1, -0.05) is 32.1 Å². The van der Waals surface area contributed by atoms with Crippen LogP contribution in [-0.4, -0.2) is 18.0 Å². The Morgan fingerprint density at radius 3 is 2.39 bits per heavy atom. The molecule has 2 saturated carbocycles. The Hall–Kier alpha value is -0.570. The highest BCUT2D eigenvalue weighted by Gasteiger charge is 2.30. The van der Waals surface area contributed by atoms with E-state index in [1.807, 2.05) is 0 Å². The first-order valence-corrected chi connectivity index (χ1v) is 7.74. The summed E-state index contributed by atoms with van der Waals surface area (Å²) >= 11 is 0. The normalized spacial score (nSPS) is 31.9. The molecule has 1 amide bonds. The van der Waals surface area contributed by atoms with Crippen molar-refractivity contribution in [1.29, 1.82) is 0 Å². The van der Waals surface area contributed by atoms with Gasteiger partial charge in [0.1, 0.15) is 0 Å². The van der Waals surface area contributed by atoms with E-state index in [1.54, 1.807) is 0 Å². The van der Waals surface area contributed by atoms with Crippen LogP contribution < -0.4 is 11.1 Å². The Balaban J connectivity index is 1.85. The zero-order valence-corrected chi connectivity index (χ0v) is 11.7. The van der Waals surface area contributed by atoms with Crippen molar-refractivity contribution in [2.24, 2.45) is 17.6 Å². The van der Waals surface area contributed by atoms with E-state index in [2.05, 4.69) is 12.2 Å². The van der Waals surface area contributed by atoms with Crippen LogP contribution in [0.2, 0.25) is 0 Å². The average molecular weight is 252 g/mol. The maximum atomic E-state index is 12.3. The molecule has 0 saturated heterocycles. The molecule has 3 N–H and O–H groups in total. The van der Waals surface area contributed by atoms with Crippen molar-refractivity contribution >= 4 is 5.91 Å². The first-order valence-electron chi connectivity index (χ1n) is 7.74. The number of nitrogens with one attached hydrogen (secondary N) is 1. The van der Waals surface area contributed by atoms with Crippen LogP contribution in [0, 0.1) is 11.8 Å². The van der Waals surface area contributed by atoms with Crippen LogP contribution in [0.5, 0.6) is 0 Å². The van der Waals surface area contributed by atoms with E-state index in [0.717, 1.165) is 19.3 Å². The van der Waals surface area contributed by atoms with Crippen LogP contribution in [0.4, 0.5) is 0 Å². The lowest BCUT2D eigenvalue weighted by Crippen LogP contribution is -2.46. The molecule has 2 aliphatic carbocycles. The zero-order chi connectivity index (χ0) is 13.0. The van der Waals surface area contributed by atoms with Gasteiger partial charge in [0.15, 0.2) is 0 Å². The summed E-state index contributed by atoms with van der Waals surface area (Å²) in [6.07, 6.45) is 10.8. The Morgan fingerprint density at radius 2 is 1.67 bits per heavy atom. The minimum atomic E-state index is 0.0522. The largest absolute Gasteiger partial charge is 0.353 e. The summed E-state index contributed by atoms with van der Waals surface area (Å²) in [4.78, 5) is 12.3. The van der Waals surface area contributed by atoms with Gasteiger partial charge >= 0.3 is 0 Å². The number of carbonyl (C=O) groups is 1. The lowest BCUT2D eigenvalue weighted by atomic mass is 9.93. The van der Waals surface area contributed by atoms with E-state index >= 15 is 0 Å². The van der Waals surface area contributed by atoms with E-state index < -0.39 is 0 Å². The summed E-state index contributed by atoms with van der Waals surface area (Å²) in [5.41, 5.74) is 6.15. The molecule has 0 aromatic rings. The third-order valence-corrected chi connectivity index (χ3v) is 4.88. The fourth-order valence-corrected chi connectivity index (χ4v) is 3.57. The monoisotopic (exact) mass is 252 g/mol. The van der Waals surface area contributed by atoms with E-state index in [-0.39, 0.29) is 17.9 Å². The molecule has 0 aliphatic heterocycles. The predicted molar refractivity (Wildman–Crippen MR) is 74.1 cm³/mol. The van der Waals surface area contributed by atoms with Gasteiger partial charge in [0.05, 0.1) is 5.92 Å². The van der Waals surface area contributed by atoms with Gasteiger partial charge in [0.25, 0.3) is 0 Å². The molecule has 3 atom stereocenters. The molecule has 2 rings (SSSR count). The summed E-state index contributed by atoms with van der Waals surface area (Å²) in [5.74, 6) is 0.955. The molecule has 2 unspecified atom stereocenters. The van der Waals surface area contributed by atoms with Crippen molar-refractivity contribution in [1.82, 2.24) is 5.32 Å². The van der Waals surface area contributed by atoms with Gasteiger partial charge in [-0.25, -0.2) is 0 Å². The molecule has 3 nitrogen and oxygen atoms in total. The number of nitrogens with two attached hydrogens (primary N) is 1. The first-order chi connectivity index (χ1) is 8.68. The van der Waals surface area contributed by atoms with Crippen molar-refractivity contribution in [3.05, 3.63) is 0 Å². The smallest absolute Gasteiger partial charge is 0.224 e. The van der Waals surface area contributed by atoms with Crippen LogP contribution in [0.25, 0.3) is 0 Å². The summed E-state index contributed by atoms with van der Waals surface area (Å²) in [6.45, 7) is 2.16. The molecule has 3 heteroatoms. The maximum absolute atomic E-state index is 12.3. The highest BCUT2D eigenvalue weighted by atomic mass is 16.2. The van der Waals surface area contributed by atoms with E-state index in [4.69, 9.17) is 5.73 Å². The minimum Gasteiger partial charge on any atom is -0.353 e. The zero-order valence-electron chi connectivity index (χ0n) is 11.7. The molecule has 2 aliphatic rings. The van der Waals surface area contributed by atoms with Crippen LogP contribution >= 0.6 is 0 Å². The lowest BCUT2D eigenvalue weighted by Gasteiger charge is -2.26. The second kappa shape index (κ2) is 6.55. The van der Waals surface area contributed by atoms with Crippen LogP contribution in [0.15, 0.2) is 0 Å². The van der Waals surface area contributed by atoms with Gasteiger partial charge in [0.2, 0.25) is 5.91 Å². The second-order valence-electron chi connectivity index (χ2n) is 6.25. The molecule has 0 bridgehead atoms. The average Bonchev–Trinajstić information content (AvgIpc) is 2.79. The van der Waals surface area contributed by atoms with Gasteiger partial charge in [0, 0.05) is 12.1 Å². The molecule has 0 radical (unpaired) electrons. The van der Waals surface area contributed by atoms with Gasteiger partial charge in [-0.05, 0) is 38.5 Å². The molecular weight excluding hydrogens is 224 g/mol. The Bertz CT molecular complexity index is 274. The number of amides is 1. The van der Waals surface area contributed by atoms with E-state index in [0.29, 0.717) is 12.0 Å². The Labute approximate surface area is 111 Å². The van der Waals surface area contributed by atoms with Gasteiger partial charge < -0.3 is 11.1 Å². The van der Waals surface area contributed by atoms with Crippen molar-refractivity contribution in [3.63, 3.8) is 0 Å². The van der Waals surface area contributed by atoms with Crippen LogP contribution in [0.1, 0.15) is 64.7 Å². The molecule has 0 spiro atoms. The van der Waals surface area contributed by atoms with E-state index in [9.17, 15) is 4.79 Å². The summed E-state index contributed by atoms with van der Waals surface area (Å²) in [5, 5.41) is 3.23. The van der Waals surface area contributed by atoms with Crippen LogP contribution in [0.3, 0.4) is 0 Å². The highest BCUT2D eigenvalue weighted by molar-refractivity contribution is 5.79. The Morgan fingerprint density at radius 1 is 1.06 bits per heavy atom. The first kappa shape index (κ1) is 13.9. The molecule has 0 heterocycles. The second-order valence-corrected chi connectivity index (χ2v) is 6.25. The molecule has 104 valence electrons. The third kappa shape index (κ3) is 3.47. The third-order valence-electron chi connectivity index (χ3n) is 4.88. The fraction of sp³-hybridized carbons (Fsp3) is 0.933. The molecular formula is C15H28N2O. The molecule has 18 heavy (non-hydrogen) atoms. The lowest BCUT2D eigenvalue weighted by molar-refractivity contribution is -0.126. The van der Waals surface area contributed by atoms with Gasteiger partial charge in [-0.3, -0.25) is 4.79 Å². The molecule has 0 aromatic carbocycles. The van der Waals surface area contributed by atoms with Gasteiger partial charge in [-0.2, -0.15) is 0 Å². The fourth-order valence-electron chi connectivity index (χ4n) is 3.57. The molecule has 2 fully saturated rings.